The molecule has 5 nitrogen and oxygen atoms in total. The Labute approximate surface area is 193 Å². The average Bonchev–Trinajstić information content (AvgIpc) is 2.70. The van der Waals surface area contributed by atoms with Crippen molar-refractivity contribution in [1.29, 1.82) is 0 Å². The average molecular weight is 480 g/mol. The lowest BCUT2D eigenvalue weighted by Crippen LogP contribution is -2.07. The molecule has 0 spiro atoms. The molecule has 30 heavy (non-hydrogen) atoms. The van der Waals surface area contributed by atoms with Gasteiger partial charge in [0.25, 0.3) is 6.47 Å². The summed E-state index contributed by atoms with van der Waals surface area (Å²) in [5.74, 6) is 1.27. The maximum Gasteiger partial charge on any atom is 0.293 e. The first kappa shape index (κ1) is 26.6. The normalized spacial score (nSPS) is 14.8. The van der Waals surface area contributed by atoms with Crippen LogP contribution in [0.5, 0.6) is 11.5 Å². The van der Waals surface area contributed by atoms with E-state index >= 15 is 0 Å². The van der Waals surface area contributed by atoms with Gasteiger partial charge in [-0.15, -0.1) is 0 Å². The van der Waals surface area contributed by atoms with Crippen molar-refractivity contribution in [2.75, 3.05) is 20.3 Å². The highest BCUT2D eigenvalue weighted by Crippen LogP contribution is 2.37. The second-order valence-corrected chi connectivity index (χ2v) is 8.50. The minimum Gasteiger partial charge on any atom is -0.496 e. The van der Waals surface area contributed by atoms with Crippen molar-refractivity contribution in [3.8, 4) is 11.5 Å². The molecular weight excluding hydrogens is 451 g/mol. The van der Waals surface area contributed by atoms with Gasteiger partial charge in [0.15, 0.2) is 0 Å². The van der Waals surface area contributed by atoms with Crippen LogP contribution in [0.2, 0.25) is 0 Å². The first-order valence-corrected chi connectivity index (χ1v) is 10.7. The summed E-state index contributed by atoms with van der Waals surface area (Å²) in [6.07, 6.45) is 1.61. The highest BCUT2D eigenvalue weighted by atomic mass is 35.5. The van der Waals surface area contributed by atoms with Gasteiger partial charge in [0.2, 0.25) is 0 Å². The topological polar surface area (TPSA) is 65.0 Å². The molecule has 0 bridgehead atoms. The van der Waals surface area contributed by atoms with Crippen molar-refractivity contribution in [2.24, 2.45) is 11.8 Å². The zero-order valence-electron chi connectivity index (χ0n) is 17.9. The summed E-state index contributed by atoms with van der Waals surface area (Å²) in [6, 6.07) is 3.60. The van der Waals surface area contributed by atoms with E-state index in [4.69, 9.17) is 49.0 Å². The minimum atomic E-state index is -0.613. The molecule has 1 aromatic rings. The van der Waals surface area contributed by atoms with Crippen molar-refractivity contribution in [3.63, 3.8) is 0 Å². The number of carbonyl (C=O) groups is 1. The Balaban J connectivity index is 2.92. The molecule has 168 valence electrons. The molecule has 8 heteroatoms. The van der Waals surface area contributed by atoms with Crippen LogP contribution < -0.4 is 9.47 Å². The summed E-state index contributed by atoms with van der Waals surface area (Å²) in [5, 5.41) is 11.2. The van der Waals surface area contributed by atoms with Gasteiger partial charge < -0.3 is 19.3 Å². The summed E-state index contributed by atoms with van der Waals surface area (Å²) in [6.45, 7) is 8.34. The third-order valence-corrected chi connectivity index (χ3v) is 5.92. The van der Waals surface area contributed by atoms with E-state index in [-0.39, 0.29) is 29.2 Å². The highest BCUT2D eigenvalue weighted by Gasteiger charge is 2.19. The van der Waals surface area contributed by atoms with Crippen LogP contribution in [0, 0.1) is 18.8 Å². The lowest BCUT2D eigenvalue weighted by atomic mass is 9.97. The van der Waals surface area contributed by atoms with Gasteiger partial charge in [-0.1, -0.05) is 55.6 Å². The molecule has 0 saturated carbocycles. The fourth-order valence-corrected chi connectivity index (χ4v) is 3.48. The van der Waals surface area contributed by atoms with Crippen LogP contribution in [-0.2, 0) is 9.53 Å². The number of rotatable bonds is 12. The molecule has 1 rings (SSSR count). The number of allylic oxidation sites excluding steroid dienone is 2. The maximum atomic E-state index is 10.5. The summed E-state index contributed by atoms with van der Waals surface area (Å²) in [7, 11) is 1.57. The molecule has 2 unspecified atom stereocenters. The van der Waals surface area contributed by atoms with Crippen LogP contribution in [0.1, 0.15) is 44.4 Å². The van der Waals surface area contributed by atoms with Crippen molar-refractivity contribution in [3.05, 3.63) is 44.4 Å². The number of aliphatic hydroxyl groups is 1. The first-order chi connectivity index (χ1) is 14.1. The summed E-state index contributed by atoms with van der Waals surface area (Å²) in [4.78, 5) is 10.3. The van der Waals surface area contributed by atoms with E-state index < -0.39 is 6.10 Å². The monoisotopic (exact) mass is 478 g/mol. The van der Waals surface area contributed by atoms with Crippen LogP contribution in [-0.4, -0.2) is 31.9 Å². The predicted molar refractivity (Wildman–Crippen MR) is 121 cm³/mol. The van der Waals surface area contributed by atoms with E-state index in [1.165, 1.54) is 0 Å². The zero-order valence-corrected chi connectivity index (χ0v) is 20.1. The van der Waals surface area contributed by atoms with E-state index in [0.29, 0.717) is 35.3 Å². The van der Waals surface area contributed by atoms with E-state index in [1.807, 2.05) is 6.92 Å². The van der Waals surface area contributed by atoms with Gasteiger partial charge in [-0.25, -0.2) is 0 Å². The Morgan fingerprint density at radius 3 is 2.43 bits per heavy atom. The van der Waals surface area contributed by atoms with Crippen molar-refractivity contribution < 1.29 is 24.1 Å². The molecule has 1 aromatic carbocycles. The maximum absolute atomic E-state index is 10.5. The van der Waals surface area contributed by atoms with Crippen LogP contribution in [0.15, 0.2) is 33.3 Å². The lowest BCUT2D eigenvalue weighted by molar-refractivity contribution is -0.129. The van der Waals surface area contributed by atoms with Gasteiger partial charge in [0.1, 0.15) is 18.1 Å². The van der Waals surface area contributed by atoms with Gasteiger partial charge in [-0.3, -0.25) is 4.79 Å². The van der Waals surface area contributed by atoms with Crippen molar-refractivity contribution in [1.82, 2.24) is 0 Å². The summed E-state index contributed by atoms with van der Waals surface area (Å²) >= 11 is 18.6. The highest BCUT2D eigenvalue weighted by molar-refractivity contribution is 6.48. The third kappa shape index (κ3) is 7.69. The number of hydrogen-bond acceptors (Lipinski definition) is 5. The Hall–Kier alpha value is -1.40. The Morgan fingerprint density at radius 2 is 1.87 bits per heavy atom. The number of hydrogen-bond donors (Lipinski definition) is 1. The molecule has 0 amide bonds. The van der Waals surface area contributed by atoms with E-state index in [9.17, 15) is 9.90 Å². The Bertz CT molecular complexity index is 774. The van der Waals surface area contributed by atoms with E-state index in [2.05, 4.69) is 13.8 Å². The molecule has 0 aliphatic rings. The van der Waals surface area contributed by atoms with Gasteiger partial charge in [0.05, 0.1) is 29.9 Å². The number of aliphatic hydroxyl groups excluding tert-OH is 1. The zero-order chi connectivity index (χ0) is 22.8. The number of methoxy groups -OCH3 is 1. The number of benzene rings is 1. The number of halogens is 3. The molecule has 0 radical (unpaired) electrons. The quantitative estimate of drug-likeness (QED) is 0.290. The van der Waals surface area contributed by atoms with Crippen molar-refractivity contribution in [2.45, 2.75) is 40.2 Å². The SMILES string of the molecule is COc1c(C(O)CC(C)C)ccc(OC/C=C(Cl)\C(Cl)=C(\Cl)C(C)COC=O)c1C. The van der Waals surface area contributed by atoms with E-state index in [1.54, 1.807) is 32.2 Å². The summed E-state index contributed by atoms with van der Waals surface area (Å²) < 4.78 is 16.0. The molecule has 0 aliphatic carbocycles. The van der Waals surface area contributed by atoms with Gasteiger partial charge in [-0.05, 0) is 37.5 Å². The second-order valence-electron chi connectivity index (χ2n) is 7.31. The second kappa shape index (κ2) is 13.1. The smallest absolute Gasteiger partial charge is 0.293 e. The Morgan fingerprint density at radius 1 is 1.20 bits per heavy atom. The third-order valence-electron chi connectivity index (χ3n) is 4.41. The lowest BCUT2D eigenvalue weighted by Gasteiger charge is -2.20. The van der Waals surface area contributed by atoms with Gasteiger partial charge >= 0.3 is 0 Å². The number of carbonyl (C=O) groups excluding carboxylic acids is 1. The van der Waals surface area contributed by atoms with Gasteiger partial charge in [0, 0.05) is 22.1 Å². The first-order valence-electron chi connectivity index (χ1n) is 9.58. The van der Waals surface area contributed by atoms with Crippen LogP contribution in [0.25, 0.3) is 0 Å². The van der Waals surface area contributed by atoms with Crippen LogP contribution >= 0.6 is 34.8 Å². The molecule has 0 aromatic heterocycles. The van der Waals surface area contributed by atoms with E-state index in [0.717, 1.165) is 11.1 Å². The van der Waals surface area contributed by atoms with Crippen molar-refractivity contribution >= 4 is 41.3 Å². The molecule has 2 atom stereocenters. The standard InChI is InChI=1S/C22H29Cl3O5/c1-13(2)10-18(27)16-6-7-19(15(4)22(16)28-5)30-9-8-17(23)21(25)20(24)14(3)11-29-12-26/h6-8,12-14,18,27H,9-11H2,1-5H3/b17-8+,21-20-. The minimum absolute atomic E-state index is 0.104. The molecular formula is C22H29Cl3O5. The van der Waals surface area contributed by atoms with Crippen LogP contribution in [0.3, 0.4) is 0 Å². The molecule has 0 aliphatic heterocycles. The Kier molecular flexibility index (Phi) is 11.6. The predicted octanol–water partition coefficient (Wildman–Crippen LogP) is 6.08. The molecule has 1 N–H and O–H groups in total. The molecule has 0 saturated heterocycles. The molecule has 0 fully saturated rings. The summed E-state index contributed by atoms with van der Waals surface area (Å²) in [5.41, 5.74) is 1.51. The van der Waals surface area contributed by atoms with Crippen LogP contribution in [0.4, 0.5) is 0 Å². The largest absolute Gasteiger partial charge is 0.496 e. The number of ether oxygens (including phenoxy) is 3. The molecule has 0 heterocycles. The van der Waals surface area contributed by atoms with Gasteiger partial charge in [-0.2, -0.15) is 0 Å². The fraction of sp³-hybridized carbons (Fsp3) is 0.500. The fourth-order valence-electron chi connectivity index (χ4n) is 2.84.